The summed E-state index contributed by atoms with van der Waals surface area (Å²) in [7, 11) is -2.86. The molecule has 3 aliphatic rings. The number of carbonyl (C=O) groups excluding carboxylic acids is 2. The molecular weight excluding hydrogens is 615 g/mol. The summed E-state index contributed by atoms with van der Waals surface area (Å²) in [6.45, 7) is 6.01. The van der Waals surface area contributed by atoms with E-state index in [4.69, 9.17) is 4.74 Å². The molecule has 2 aromatic rings. The van der Waals surface area contributed by atoms with Gasteiger partial charge in [0.15, 0.2) is 0 Å². The molecule has 2 aromatic carbocycles. The fourth-order valence-electron chi connectivity index (χ4n) is 7.14. The fraction of sp³-hybridized carbons (Fsp3) is 0.576. The standard InChI is InChI=1S/C33H39F5N2O4S/c1-30(2,3)44-29(42)39-45(43)17-13-22(14-18-45)28(41)40-16-15-32(20-21-5-9-25(34)10-6-21)26-11-8-24(31(4,35)33(36,37)38)19-23(26)7-12-27(32)40/h5-6,8-11,19,22,27H,7,12-18,20H2,1-4H3. The van der Waals surface area contributed by atoms with Crippen LogP contribution in [0, 0.1) is 11.7 Å². The number of aryl methyl sites for hydroxylation is 1. The number of carbonyl (C=O) groups is 2. The maximum absolute atomic E-state index is 15.0. The van der Waals surface area contributed by atoms with Crippen molar-refractivity contribution in [3.8, 4) is 0 Å². The number of likely N-dealkylation sites (tertiary alicyclic amines) is 1. The van der Waals surface area contributed by atoms with E-state index < -0.39 is 56.0 Å². The maximum atomic E-state index is 15.0. The second-order valence-electron chi connectivity index (χ2n) is 13.7. The second kappa shape index (κ2) is 11.7. The quantitative estimate of drug-likeness (QED) is 0.322. The Morgan fingerprint density at radius 3 is 2.24 bits per heavy atom. The van der Waals surface area contributed by atoms with Crippen molar-refractivity contribution in [2.24, 2.45) is 10.3 Å². The average molecular weight is 655 g/mol. The Labute approximate surface area is 260 Å². The molecular formula is C33H39F5N2O4S. The van der Waals surface area contributed by atoms with Crippen LogP contribution in [0.5, 0.6) is 0 Å². The Morgan fingerprint density at radius 1 is 1.00 bits per heavy atom. The molecule has 0 spiro atoms. The molecule has 2 fully saturated rings. The van der Waals surface area contributed by atoms with E-state index in [-0.39, 0.29) is 23.5 Å². The molecule has 2 amide bonds. The lowest BCUT2D eigenvalue weighted by Gasteiger charge is -2.44. The van der Waals surface area contributed by atoms with Crippen LogP contribution in [0.4, 0.5) is 26.7 Å². The summed E-state index contributed by atoms with van der Waals surface area (Å²) < 4.78 is 91.7. The van der Waals surface area contributed by atoms with Crippen molar-refractivity contribution in [3.05, 3.63) is 70.5 Å². The monoisotopic (exact) mass is 654 g/mol. The summed E-state index contributed by atoms with van der Waals surface area (Å²) in [6, 6.07) is 9.83. The number of hydrogen-bond acceptors (Lipinski definition) is 4. The van der Waals surface area contributed by atoms with Crippen molar-refractivity contribution < 1.29 is 40.5 Å². The molecule has 0 bridgehead atoms. The fourth-order valence-corrected chi connectivity index (χ4v) is 9.14. The topological polar surface area (TPSA) is 76.0 Å². The van der Waals surface area contributed by atoms with Gasteiger partial charge < -0.3 is 9.64 Å². The Hall–Kier alpha value is -3.02. The van der Waals surface area contributed by atoms with E-state index in [0.29, 0.717) is 57.6 Å². The van der Waals surface area contributed by atoms with Gasteiger partial charge in [-0.1, -0.05) is 30.3 Å². The van der Waals surface area contributed by atoms with Crippen LogP contribution in [0.3, 0.4) is 0 Å². The van der Waals surface area contributed by atoms with Gasteiger partial charge in [-0.05, 0) is 101 Å². The van der Waals surface area contributed by atoms with Crippen molar-refractivity contribution in [2.75, 3.05) is 18.1 Å². The molecule has 0 radical (unpaired) electrons. The normalized spacial score (nSPS) is 28.1. The lowest BCUT2D eigenvalue weighted by Crippen LogP contribution is -2.51. The zero-order chi connectivity index (χ0) is 33.0. The predicted octanol–water partition coefficient (Wildman–Crippen LogP) is 7.41. The lowest BCUT2D eigenvalue weighted by atomic mass is 9.63. The van der Waals surface area contributed by atoms with Gasteiger partial charge in [0.1, 0.15) is 11.4 Å². The van der Waals surface area contributed by atoms with Crippen molar-refractivity contribution in [1.82, 2.24) is 4.90 Å². The molecule has 2 aliphatic heterocycles. The zero-order valence-corrected chi connectivity index (χ0v) is 26.7. The third-order valence-corrected chi connectivity index (χ3v) is 11.7. The number of ether oxygens (including phenoxy) is 1. The maximum Gasteiger partial charge on any atom is 0.442 e. The van der Waals surface area contributed by atoms with Gasteiger partial charge in [-0.3, -0.25) is 4.79 Å². The third-order valence-electron chi connectivity index (χ3n) is 9.49. The van der Waals surface area contributed by atoms with E-state index in [1.54, 1.807) is 39.0 Å². The Morgan fingerprint density at radius 2 is 1.64 bits per heavy atom. The van der Waals surface area contributed by atoms with Gasteiger partial charge in [0.05, 0.1) is 9.73 Å². The summed E-state index contributed by atoms with van der Waals surface area (Å²) in [4.78, 5) is 28.1. The smallest absolute Gasteiger partial charge is 0.442 e. The number of benzene rings is 2. The summed E-state index contributed by atoms with van der Waals surface area (Å²) in [6.07, 6.45) is -3.58. The van der Waals surface area contributed by atoms with E-state index in [9.17, 15) is 35.8 Å². The molecule has 246 valence electrons. The number of nitrogens with zero attached hydrogens (tertiary/aromatic N) is 2. The minimum Gasteiger partial charge on any atom is -0.442 e. The van der Waals surface area contributed by atoms with Crippen LogP contribution in [0.1, 0.15) is 75.6 Å². The third kappa shape index (κ3) is 6.62. The minimum absolute atomic E-state index is 0.0897. The Kier molecular flexibility index (Phi) is 8.63. The van der Waals surface area contributed by atoms with Crippen LogP contribution in [-0.4, -0.2) is 57.0 Å². The van der Waals surface area contributed by atoms with Crippen molar-refractivity contribution in [2.45, 2.75) is 95.1 Å². The van der Waals surface area contributed by atoms with Gasteiger partial charge in [0.2, 0.25) is 11.6 Å². The second-order valence-corrected chi connectivity index (χ2v) is 16.2. The SMILES string of the molecule is CC(C)(C)OC(=O)N=S1(=O)CCC(C(=O)N2CCC3(Cc4ccc(F)cc4)c4ccc(C(C)(F)C(F)(F)F)cc4CCC23)CC1. The number of rotatable bonds is 4. The molecule has 2 saturated heterocycles. The number of hydrogen-bond donors (Lipinski definition) is 0. The predicted molar refractivity (Wildman–Crippen MR) is 160 cm³/mol. The van der Waals surface area contributed by atoms with Crippen molar-refractivity contribution >= 4 is 21.7 Å². The van der Waals surface area contributed by atoms with Gasteiger partial charge in [0, 0.05) is 35.4 Å². The van der Waals surface area contributed by atoms with Crippen LogP contribution in [0.25, 0.3) is 0 Å². The molecule has 0 saturated carbocycles. The highest BCUT2D eigenvalue weighted by atomic mass is 32.2. The van der Waals surface area contributed by atoms with E-state index >= 15 is 0 Å². The van der Waals surface area contributed by atoms with Gasteiger partial charge in [0.25, 0.3) is 0 Å². The summed E-state index contributed by atoms with van der Waals surface area (Å²) in [5.74, 6) is -0.721. The van der Waals surface area contributed by atoms with Gasteiger partial charge in [-0.15, -0.1) is 4.36 Å². The van der Waals surface area contributed by atoms with Crippen LogP contribution in [0.2, 0.25) is 0 Å². The van der Waals surface area contributed by atoms with Crippen molar-refractivity contribution in [3.63, 3.8) is 0 Å². The Bertz CT molecular complexity index is 1580. The van der Waals surface area contributed by atoms with Gasteiger partial charge >= 0.3 is 12.3 Å². The van der Waals surface area contributed by atoms with Gasteiger partial charge in [-0.2, -0.15) is 13.2 Å². The van der Waals surface area contributed by atoms with E-state index in [1.165, 1.54) is 24.3 Å². The first-order valence-electron chi connectivity index (χ1n) is 15.2. The number of alkyl halides is 4. The highest BCUT2D eigenvalue weighted by Gasteiger charge is 2.56. The number of amides is 2. The molecule has 5 rings (SSSR count). The molecule has 3 unspecified atom stereocenters. The van der Waals surface area contributed by atoms with Crippen LogP contribution >= 0.6 is 0 Å². The molecule has 2 heterocycles. The first kappa shape index (κ1) is 33.3. The molecule has 1 aliphatic carbocycles. The first-order valence-corrected chi connectivity index (χ1v) is 17.1. The highest BCUT2D eigenvalue weighted by Crippen LogP contribution is 2.51. The Balaban J connectivity index is 1.42. The van der Waals surface area contributed by atoms with E-state index in [2.05, 4.69) is 4.36 Å². The number of fused-ring (bicyclic) bond motifs is 3. The van der Waals surface area contributed by atoms with Crippen LogP contribution < -0.4 is 0 Å². The van der Waals surface area contributed by atoms with Crippen LogP contribution in [0.15, 0.2) is 46.8 Å². The number of halogens is 5. The van der Waals surface area contributed by atoms with Crippen LogP contribution in [-0.2, 0) is 43.2 Å². The summed E-state index contributed by atoms with van der Waals surface area (Å²) in [5.41, 5.74) is -3.20. The molecule has 6 nitrogen and oxygen atoms in total. The van der Waals surface area contributed by atoms with E-state index in [1.807, 2.05) is 4.90 Å². The van der Waals surface area contributed by atoms with Crippen molar-refractivity contribution in [1.29, 1.82) is 0 Å². The molecule has 0 aromatic heterocycles. The average Bonchev–Trinajstić information content (AvgIpc) is 3.31. The largest absolute Gasteiger partial charge is 0.442 e. The van der Waals surface area contributed by atoms with Gasteiger partial charge in [-0.25, -0.2) is 17.8 Å². The molecule has 45 heavy (non-hydrogen) atoms. The zero-order valence-electron chi connectivity index (χ0n) is 25.9. The lowest BCUT2D eigenvalue weighted by molar-refractivity contribution is -0.228. The van der Waals surface area contributed by atoms with E-state index in [0.717, 1.165) is 11.1 Å². The molecule has 3 atom stereocenters. The molecule has 0 N–H and O–H groups in total. The summed E-state index contributed by atoms with van der Waals surface area (Å²) >= 11 is 0. The molecule has 12 heteroatoms. The summed E-state index contributed by atoms with van der Waals surface area (Å²) in [5, 5.41) is 0. The minimum atomic E-state index is -5.08. The first-order chi connectivity index (χ1) is 20.8. The highest BCUT2D eigenvalue weighted by molar-refractivity contribution is 7.93.